The molecule has 1 atom stereocenters. The number of thiazole rings is 1. The largest absolute Gasteiger partial charge is 0.460 e. The van der Waals surface area contributed by atoms with Crippen molar-refractivity contribution in [1.82, 2.24) is 19.8 Å². The van der Waals surface area contributed by atoms with E-state index in [-0.39, 0.29) is 5.91 Å². The number of piperazine rings is 1. The molecule has 0 saturated carbocycles. The van der Waals surface area contributed by atoms with Crippen LogP contribution in [0.5, 0.6) is 10.9 Å². The van der Waals surface area contributed by atoms with Crippen molar-refractivity contribution in [3.63, 3.8) is 0 Å². The van der Waals surface area contributed by atoms with Gasteiger partial charge in [0, 0.05) is 50.2 Å². The first-order valence-corrected chi connectivity index (χ1v) is 11.3. The van der Waals surface area contributed by atoms with Crippen molar-refractivity contribution in [2.75, 3.05) is 19.6 Å². The molecule has 1 fully saturated rings. The van der Waals surface area contributed by atoms with Crippen molar-refractivity contribution in [2.45, 2.75) is 32.9 Å². The molecule has 1 aromatic carbocycles. The molecule has 4 aromatic rings. The minimum atomic E-state index is 0.151. The number of carbonyl (C=O) groups excluding carboxylic acids is 1. The summed E-state index contributed by atoms with van der Waals surface area (Å²) in [7, 11) is 0. The number of aromatic nitrogens is 2. The molecule has 1 saturated heterocycles. The molecule has 1 aliphatic rings. The minimum absolute atomic E-state index is 0.151. The summed E-state index contributed by atoms with van der Waals surface area (Å²) in [6.07, 6.45) is 2.73. The Morgan fingerprint density at radius 2 is 2.19 bits per heavy atom. The molecule has 0 bridgehead atoms. The van der Waals surface area contributed by atoms with Crippen molar-refractivity contribution in [3.05, 3.63) is 48.4 Å². The number of ether oxygens (including phenoxy) is 1. The highest BCUT2D eigenvalue weighted by atomic mass is 32.1. The number of rotatable bonds is 5. The highest BCUT2D eigenvalue weighted by Crippen LogP contribution is 2.32. The van der Waals surface area contributed by atoms with E-state index in [2.05, 4.69) is 27.9 Å². The number of pyridine rings is 1. The van der Waals surface area contributed by atoms with Gasteiger partial charge in [0.05, 0.1) is 11.2 Å². The Balaban J connectivity index is 1.31. The number of fused-ring (bicyclic) bond motifs is 2. The smallest absolute Gasteiger partial charge is 0.281 e. The molecular formula is C23H24N4O3S. The number of amides is 1. The van der Waals surface area contributed by atoms with Gasteiger partial charge in [0.15, 0.2) is 5.65 Å². The fraction of sp³-hybridized carbons (Fsp3) is 0.348. The lowest BCUT2D eigenvalue weighted by atomic mass is 10.1. The van der Waals surface area contributed by atoms with E-state index in [1.54, 1.807) is 13.1 Å². The number of hydrogen-bond acceptors (Lipinski definition) is 7. The van der Waals surface area contributed by atoms with Crippen molar-refractivity contribution in [2.24, 2.45) is 0 Å². The highest BCUT2D eigenvalue weighted by molar-refractivity contribution is 7.20. The number of nitrogens with zero attached hydrogens (tertiary/aromatic N) is 4. The summed E-state index contributed by atoms with van der Waals surface area (Å²) in [5.41, 5.74) is 1.49. The summed E-state index contributed by atoms with van der Waals surface area (Å²) in [5, 5.41) is 1.61. The van der Waals surface area contributed by atoms with Crippen LogP contribution < -0.4 is 4.74 Å². The lowest BCUT2D eigenvalue weighted by Crippen LogP contribution is -2.53. The van der Waals surface area contributed by atoms with Crippen molar-refractivity contribution in [1.29, 1.82) is 0 Å². The third kappa shape index (κ3) is 4.13. The predicted octanol–water partition coefficient (Wildman–Crippen LogP) is 4.67. The molecule has 7 nitrogen and oxygen atoms in total. The average molecular weight is 437 g/mol. The Morgan fingerprint density at radius 3 is 3.00 bits per heavy atom. The molecule has 1 amide bonds. The molecule has 0 radical (unpaired) electrons. The molecule has 1 unspecified atom stereocenters. The number of carbonyl (C=O) groups is 1. The predicted molar refractivity (Wildman–Crippen MR) is 120 cm³/mol. The van der Waals surface area contributed by atoms with Crippen LogP contribution >= 0.6 is 11.3 Å². The quantitative estimate of drug-likeness (QED) is 0.453. The van der Waals surface area contributed by atoms with Crippen LogP contribution in [0, 0.1) is 0 Å². The van der Waals surface area contributed by atoms with E-state index in [4.69, 9.17) is 9.15 Å². The molecule has 1 aliphatic heterocycles. The van der Waals surface area contributed by atoms with E-state index in [0.717, 1.165) is 54.0 Å². The maximum Gasteiger partial charge on any atom is 0.281 e. The van der Waals surface area contributed by atoms with Gasteiger partial charge in [-0.15, -0.1) is 0 Å². The molecule has 160 valence electrons. The fourth-order valence-electron chi connectivity index (χ4n) is 4.08. The maximum atomic E-state index is 11.7. The third-order valence-electron chi connectivity index (χ3n) is 5.77. The molecular weight excluding hydrogens is 412 g/mol. The number of hydrogen-bond donors (Lipinski definition) is 0. The van der Waals surface area contributed by atoms with Gasteiger partial charge in [0.25, 0.3) is 5.19 Å². The lowest BCUT2D eigenvalue weighted by molar-refractivity contribution is -0.132. The van der Waals surface area contributed by atoms with Gasteiger partial charge in [-0.1, -0.05) is 18.3 Å². The van der Waals surface area contributed by atoms with Crippen LogP contribution in [0.1, 0.15) is 26.0 Å². The summed E-state index contributed by atoms with van der Waals surface area (Å²) in [6.45, 7) is 6.95. The molecule has 5 rings (SSSR count). The van der Waals surface area contributed by atoms with Gasteiger partial charge < -0.3 is 14.1 Å². The van der Waals surface area contributed by atoms with Gasteiger partial charge in [-0.25, -0.2) is 4.98 Å². The van der Waals surface area contributed by atoms with Crippen LogP contribution in [-0.4, -0.2) is 51.4 Å². The van der Waals surface area contributed by atoms with E-state index in [1.165, 1.54) is 11.3 Å². The second-order valence-electron chi connectivity index (χ2n) is 7.82. The topological polar surface area (TPSA) is 71.7 Å². The SMILES string of the molecule is CCC1CN(C(C)=O)CCN1Cc1cc2ccc(Oc3nc4ncccc4s3)cc2o1. The molecule has 8 heteroatoms. The van der Waals surface area contributed by atoms with Crippen LogP contribution in [0.3, 0.4) is 0 Å². The van der Waals surface area contributed by atoms with Gasteiger partial charge >= 0.3 is 0 Å². The van der Waals surface area contributed by atoms with Gasteiger partial charge in [0.1, 0.15) is 17.1 Å². The van der Waals surface area contributed by atoms with Crippen molar-refractivity contribution in [3.8, 4) is 10.9 Å². The molecule has 0 spiro atoms. The molecule has 0 aliphatic carbocycles. The summed E-state index contributed by atoms with van der Waals surface area (Å²) >= 11 is 1.47. The van der Waals surface area contributed by atoms with Crippen LogP contribution in [0.4, 0.5) is 0 Å². The highest BCUT2D eigenvalue weighted by Gasteiger charge is 2.27. The van der Waals surface area contributed by atoms with Gasteiger partial charge in [-0.2, -0.15) is 4.98 Å². The van der Waals surface area contributed by atoms with E-state index in [0.29, 0.717) is 22.6 Å². The van der Waals surface area contributed by atoms with Crippen LogP contribution in [0.15, 0.2) is 47.0 Å². The van der Waals surface area contributed by atoms with Crippen molar-refractivity contribution >= 4 is 38.6 Å². The van der Waals surface area contributed by atoms with Gasteiger partial charge in [-0.3, -0.25) is 9.69 Å². The van der Waals surface area contributed by atoms with Crippen LogP contribution in [0.25, 0.3) is 21.3 Å². The lowest BCUT2D eigenvalue weighted by Gasteiger charge is -2.40. The molecule has 3 aromatic heterocycles. The van der Waals surface area contributed by atoms with Gasteiger partial charge in [0.2, 0.25) is 5.91 Å². The van der Waals surface area contributed by atoms with E-state index in [9.17, 15) is 4.79 Å². The Hall–Kier alpha value is -2.97. The Morgan fingerprint density at radius 1 is 1.29 bits per heavy atom. The minimum Gasteiger partial charge on any atom is -0.460 e. The number of furan rings is 1. The van der Waals surface area contributed by atoms with E-state index in [1.807, 2.05) is 35.2 Å². The van der Waals surface area contributed by atoms with Crippen LogP contribution in [0.2, 0.25) is 0 Å². The normalized spacial score (nSPS) is 17.5. The zero-order valence-electron chi connectivity index (χ0n) is 17.6. The molecule has 31 heavy (non-hydrogen) atoms. The fourth-order valence-corrected chi connectivity index (χ4v) is 4.87. The maximum absolute atomic E-state index is 11.7. The Bertz CT molecular complexity index is 1200. The second-order valence-corrected chi connectivity index (χ2v) is 8.81. The summed E-state index contributed by atoms with van der Waals surface area (Å²) in [5.74, 6) is 1.76. The Kier molecular flexibility index (Phi) is 5.33. The molecule has 0 N–H and O–H groups in total. The standard InChI is InChI=1S/C23H24N4O3S/c1-3-17-13-26(15(2)28)9-10-27(17)14-19-11-16-6-7-18(12-20(16)29-19)30-23-25-22-21(31-23)5-4-8-24-22/h4-8,11-12,17H,3,9-10,13-14H2,1-2H3. The van der Waals surface area contributed by atoms with E-state index >= 15 is 0 Å². The first-order valence-electron chi connectivity index (χ1n) is 10.5. The first-order chi connectivity index (χ1) is 15.1. The van der Waals surface area contributed by atoms with Gasteiger partial charge in [-0.05, 0) is 36.8 Å². The summed E-state index contributed by atoms with van der Waals surface area (Å²) in [4.78, 5) is 24.7. The zero-order valence-corrected chi connectivity index (χ0v) is 18.4. The Labute approximate surface area is 184 Å². The number of benzene rings is 1. The van der Waals surface area contributed by atoms with E-state index < -0.39 is 0 Å². The van der Waals surface area contributed by atoms with Crippen molar-refractivity contribution < 1.29 is 13.9 Å². The summed E-state index contributed by atoms with van der Waals surface area (Å²) < 4.78 is 13.1. The monoisotopic (exact) mass is 436 g/mol. The molecule has 4 heterocycles. The zero-order chi connectivity index (χ0) is 21.4. The average Bonchev–Trinajstić information content (AvgIpc) is 3.36. The third-order valence-corrected chi connectivity index (χ3v) is 6.66. The first kappa shape index (κ1) is 20.0. The van der Waals surface area contributed by atoms with Crippen LogP contribution in [-0.2, 0) is 11.3 Å². The second kappa shape index (κ2) is 8.28. The summed E-state index contributed by atoms with van der Waals surface area (Å²) in [6, 6.07) is 12.2.